The second-order valence-electron chi connectivity index (χ2n) is 5.43. The number of nitrogens with one attached hydrogen (secondary N) is 1. The van der Waals surface area contributed by atoms with Gasteiger partial charge in [-0.25, -0.2) is 8.42 Å². The Labute approximate surface area is 122 Å². The van der Waals surface area contributed by atoms with Gasteiger partial charge in [0.15, 0.2) is 0 Å². The summed E-state index contributed by atoms with van der Waals surface area (Å²) in [6, 6.07) is 7.31. The molecule has 1 aromatic rings. The fourth-order valence-electron chi connectivity index (χ4n) is 2.78. The van der Waals surface area contributed by atoms with Crippen LogP contribution in [0.25, 0.3) is 0 Å². The molecule has 1 unspecified atom stereocenters. The summed E-state index contributed by atoms with van der Waals surface area (Å²) in [4.78, 5) is 0.432. The maximum absolute atomic E-state index is 12.7. The van der Waals surface area contributed by atoms with Crippen LogP contribution in [0.3, 0.4) is 0 Å². The van der Waals surface area contributed by atoms with E-state index >= 15 is 0 Å². The molecule has 0 amide bonds. The van der Waals surface area contributed by atoms with E-state index in [1.165, 1.54) is 0 Å². The molecule has 0 bridgehead atoms. The summed E-state index contributed by atoms with van der Waals surface area (Å²) < 4.78 is 27.1. The van der Waals surface area contributed by atoms with Crippen molar-refractivity contribution in [2.75, 3.05) is 26.7 Å². The number of hydrogen-bond acceptors (Lipinski definition) is 3. The van der Waals surface area contributed by atoms with Gasteiger partial charge in [0.1, 0.15) is 0 Å². The molecule has 1 aromatic carbocycles. The van der Waals surface area contributed by atoms with E-state index in [2.05, 4.69) is 5.32 Å². The highest BCUT2D eigenvalue weighted by atomic mass is 32.2. The van der Waals surface area contributed by atoms with Gasteiger partial charge in [0.2, 0.25) is 10.0 Å². The van der Waals surface area contributed by atoms with Crippen LogP contribution < -0.4 is 5.32 Å². The number of benzene rings is 1. The molecule has 1 heterocycles. The van der Waals surface area contributed by atoms with Crippen LogP contribution in [0, 0.1) is 5.92 Å². The van der Waals surface area contributed by atoms with Crippen molar-refractivity contribution in [1.82, 2.24) is 9.62 Å². The van der Waals surface area contributed by atoms with Gasteiger partial charge in [-0.2, -0.15) is 4.31 Å². The minimum atomic E-state index is -3.34. The Kier molecular flexibility index (Phi) is 5.18. The van der Waals surface area contributed by atoms with Gasteiger partial charge in [0.25, 0.3) is 0 Å². The Balaban J connectivity index is 2.20. The van der Waals surface area contributed by atoms with Crippen molar-refractivity contribution in [3.63, 3.8) is 0 Å². The Morgan fingerprint density at radius 3 is 2.90 bits per heavy atom. The molecule has 1 fully saturated rings. The van der Waals surface area contributed by atoms with E-state index in [0.29, 0.717) is 23.9 Å². The highest BCUT2D eigenvalue weighted by Crippen LogP contribution is 2.24. The van der Waals surface area contributed by atoms with Gasteiger partial charge in [0.05, 0.1) is 4.90 Å². The van der Waals surface area contributed by atoms with Crippen molar-refractivity contribution in [1.29, 1.82) is 0 Å². The van der Waals surface area contributed by atoms with E-state index in [4.69, 9.17) is 0 Å². The molecular formula is C15H24N2O2S. The Morgan fingerprint density at radius 1 is 1.40 bits per heavy atom. The largest absolute Gasteiger partial charge is 0.319 e. The molecule has 20 heavy (non-hydrogen) atoms. The molecule has 0 aromatic heterocycles. The number of hydrogen-bond donors (Lipinski definition) is 1. The van der Waals surface area contributed by atoms with Crippen LogP contribution in [0.2, 0.25) is 0 Å². The zero-order valence-corrected chi connectivity index (χ0v) is 13.1. The average molecular weight is 296 g/mol. The van der Waals surface area contributed by atoms with E-state index in [-0.39, 0.29) is 0 Å². The zero-order chi connectivity index (χ0) is 14.6. The molecule has 1 aliphatic rings. The van der Waals surface area contributed by atoms with E-state index in [9.17, 15) is 8.42 Å². The van der Waals surface area contributed by atoms with Crippen LogP contribution in [-0.4, -0.2) is 39.4 Å². The molecule has 112 valence electrons. The Morgan fingerprint density at radius 2 is 2.20 bits per heavy atom. The van der Waals surface area contributed by atoms with Crippen molar-refractivity contribution in [3.8, 4) is 0 Å². The predicted molar refractivity (Wildman–Crippen MR) is 81.2 cm³/mol. The lowest BCUT2D eigenvalue weighted by Gasteiger charge is -2.31. The fraction of sp³-hybridized carbons (Fsp3) is 0.600. The van der Waals surface area contributed by atoms with E-state index in [0.717, 1.165) is 31.4 Å². The predicted octanol–water partition coefficient (Wildman–Crippen LogP) is 1.87. The SMILES string of the molecule is CCc1cccc(S(=O)(=O)N2CCCC(CNC)C2)c1. The van der Waals surface area contributed by atoms with E-state index < -0.39 is 10.0 Å². The molecule has 0 spiro atoms. The van der Waals surface area contributed by atoms with Crippen LogP contribution in [0.4, 0.5) is 0 Å². The molecule has 0 saturated carbocycles. The van der Waals surface area contributed by atoms with Gasteiger partial charge < -0.3 is 5.32 Å². The van der Waals surface area contributed by atoms with Crippen molar-refractivity contribution < 1.29 is 8.42 Å². The van der Waals surface area contributed by atoms with Gasteiger partial charge in [-0.1, -0.05) is 19.1 Å². The van der Waals surface area contributed by atoms with Crippen molar-refractivity contribution in [3.05, 3.63) is 29.8 Å². The quantitative estimate of drug-likeness (QED) is 0.902. The molecule has 0 aliphatic carbocycles. The topological polar surface area (TPSA) is 49.4 Å². The third-order valence-electron chi connectivity index (χ3n) is 3.92. The average Bonchev–Trinajstić information content (AvgIpc) is 2.48. The minimum Gasteiger partial charge on any atom is -0.319 e. The third kappa shape index (κ3) is 3.40. The molecule has 5 heteroatoms. The minimum absolute atomic E-state index is 0.415. The second kappa shape index (κ2) is 6.70. The molecule has 2 rings (SSSR count). The van der Waals surface area contributed by atoms with Crippen molar-refractivity contribution in [2.45, 2.75) is 31.1 Å². The smallest absolute Gasteiger partial charge is 0.243 e. The first kappa shape index (κ1) is 15.5. The molecule has 1 aliphatic heterocycles. The summed E-state index contributed by atoms with van der Waals surface area (Å²) in [5, 5.41) is 3.15. The van der Waals surface area contributed by atoms with E-state index in [1.807, 2.05) is 26.1 Å². The first-order valence-corrected chi connectivity index (χ1v) is 8.75. The molecule has 1 saturated heterocycles. The lowest BCUT2D eigenvalue weighted by molar-refractivity contribution is 0.263. The van der Waals surface area contributed by atoms with Crippen LogP contribution in [-0.2, 0) is 16.4 Å². The summed E-state index contributed by atoms with van der Waals surface area (Å²) in [5.74, 6) is 0.415. The third-order valence-corrected chi connectivity index (χ3v) is 5.78. The monoisotopic (exact) mass is 296 g/mol. The van der Waals surface area contributed by atoms with Gasteiger partial charge >= 0.3 is 0 Å². The zero-order valence-electron chi connectivity index (χ0n) is 12.3. The summed E-state index contributed by atoms with van der Waals surface area (Å²) in [6.45, 7) is 4.18. The Hall–Kier alpha value is -0.910. The second-order valence-corrected chi connectivity index (χ2v) is 7.37. The molecular weight excluding hydrogens is 272 g/mol. The normalized spacial score (nSPS) is 21.0. The molecule has 1 N–H and O–H groups in total. The number of sulfonamides is 1. The molecule has 4 nitrogen and oxygen atoms in total. The Bertz CT molecular complexity index is 541. The number of aryl methyl sites for hydroxylation is 1. The van der Waals surface area contributed by atoms with Gasteiger partial charge in [0, 0.05) is 13.1 Å². The summed E-state index contributed by atoms with van der Waals surface area (Å²) >= 11 is 0. The maximum atomic E-state index is 12.7. The first-order chi connectivity index (χ1) is 9.57. The standard InChI is InChI=1S/C15H24N2O2S/c1-3-13-6-4-8-15(10-13)20(18,19)17-9-5-7-14(12-17)11-16-2/h4,6,8,10,14,16H,3,5,7,9,11-12H2,1-2H3. The van der Waals surface area contributed by atoms with Gasteiger partial charge in [-0.05, 0) is 56.5 Å². The first-order valence-electron chi connectivity index (χ1n) is 7.31. The highest BCUT2D eigenvalue weighted by molar-refractivity contribution is 7.89. The highest BCUT2D eigenvalue weighted by Gasteiger charge is 2.29. The van der Waals surface area contributed by atoms with Crippen molar-refractivity contribution >= 4 is 10.0 Å². The molecule has 1 atom stereocenters. The maximum Gasteiger partial charge on any atom is 0.243 e. The summed E-state index contributed by atoms with van der Waals surface area (Å²) in [5.41, 5.74) is 1.06. The van der Waals surface area contributed by atoms with E-state index in [1.54, 1.807) is 16.4 Å². The lowest BCUT2D eigenvalue weighted by atomic mass is 10.00. The fourth-order valence-corrected chi connectivity index (χ4v) is 4.40. The van der Waals surface area contributed by atoms with Crippen molar-refractivity contribution in [2.24, 2.45) is 5.92 Å². The summed E-state index contributed by atoms with van der Waals surface area (Å²) in [7, 11) is -1.43. The number of nitrogens with zero attached hydrogens (tertiary/aromatic N) is 1. The van der Waals surface area contributed by atoms with Gasteiger partial charge in [-0.3, -0.25) is 0 Å². The van der Waals surface area contributed by atoms with Crippen LogP contribution in [0.15, 0.2) is 29.2 Å². The number of piperidine rings is 1. The van der Waals surface area contributed by atoms with Crippen LogP contribution in [0.1, 0.15) is 25.3 Å². The summed E-state index contributed by atoms with van der Waals surface area (Å²) in [6.07, 6.45) is 2.90. The van der Waals surface area contributed by atoms with Crippen LogP contribution in [0.5, 0.6) is 0 Å². The van der Waals surface area contributed by atoms with Crippen LogP contribution >= 0.6 is 0 Å². The van der Waals surface area contributed by atoms with Gasteiger partial charge in [-0.15, -0.1) is 0 Å². The molecule has 0 radical (unpaired) electrons. The number of rotatable bonds is 5. The lowest BCUT2D eigenvalue weighted by Crippen LogP contribution is -2.42.